The minimum atomic E-state index is 0.179. The normalized spacial score (nSPS) is 27.2. The van der Waals surface area contributed by atoms with E-state index in [0.717, 1.165) is 67.8 Å². The number of rotatable bonds is 1. The van der Waals surface area contributed by atoms with Gasteiger partial charge in [-0.15, -0.1) is 0 Å². The minimum Gasteiger partial charge on any atom is -0.354 e. The van der Waals surface area contributed by atoms with Gasteiger partial charge in [0.2, 0.25) is 0 Å². The van der Waals surface area contributed by atoms with Gasteiger partial charge >= 0.3 is 0 Å². The second-order valence-corrected chi connectivity index (χ2v) is 6.06. The van der Waals surface area contributed by atoms with Crippen LogP contribution in [0.25, 0.3) is 0 Å². The molecule has 0 saturated carbocycles. The number of aromatic nitrogens is 1. The summed E-state index contributed by atoms with van der Waals surface area (Å²) in [5.41, 5.74) is 2.91. The van der Waals surface area contributed by atoms with Gasteiger partial charge in [0, 0.05) is 18.8 Å². The number of H-pyrrole nitrogens is 1. The molecule has 2 N–H and O–H groups in total. The van der Waals surface area contributed by atoms with Crippen molar-refractivity contribution in [3.8, 4) is 0 Å². The van der Waals surface area contributed by atoms with E-state index in [1.165, 1.54) is 0 Å². The molecule has 19 heavy (non-hydrogen) atoms. The molecule has 2 atom stereocenters. The fourth-order valence-electron chi connectivity index (χ4n) is 3.53. The summed E-state index contributed by atoms with van der Waals surface area (Å²) in [6.45, 7) is 8.08. The molecule has 4 heteroatoms. The van der Waals surface area contributed by atoms with Crippen LogP contribution in [0.3, 0.4) is 0 Å². The van der Waals surface area contributed by atoms with E-state index in [-0.39, 0.29) is 5.91 Å². The summed E-state index contributed by atoms with van der Waals surface area (Å²) < 4.78 is 0. The highest BCUT2D eigenvalue weighted by atomic mass is 16.2. The lowest BCUT2D eigenvalue weighted by Gasteiger charge is -2.20. The smallest absolute Gasteiger partial charge is 0.270 e. The van der Waals surface area contributed by atoms with E-state index in [2.05, 4.69) is 10.3 Å². The van der Waals surface area contributed by atoms with Crippen LogP contribution in [0.1, 0.15) is 34.6 Å². The highest BCUT2D eigenvalue weighted by molar-refractivity contribution is 5.94. The number of carbonyl (C=O) groups is 1. The Labute approximate surface area is 114 Å². The third-order valence-corrected chi connectivity index (χ3v) is 4.67. The molecule has 2 aliphatic heterocycles. The van der Waals surface area contributed by atoms with Gasteiger partial charge in [-0.25, -0.2) is 0 Å². The molecule has 1 aromatic heterocycles. The van der Waals surface area contributed by atoms with Crippen LogP contribution in [0, 0.1) is 25.7 Å². The maximum Gasteiger partial charge on any atom is 0.270 e. The first-order chi connectivity index (χ1) is 9.15. The third-order valence-electron chi connectivity index (χ3n) is 4.67. The number of amides is 1. The van der Waals surface area contributed by atoms with Crippen molar-refractivity contribution in [2.45, 2.75) is 26.7 Å². The summed E-state index contributed by atoms with van der Waals surface area (Å²) in [5, 5.41) is 3.47. The van der Waals surface area contributed by atoms with Crippen molar-refractivity contribution >= 4 is 5.91 Å². The highest BCUT2D eigenvalue weighted by Crippen LogP contribution is 2.27. The number of nitrogens with zero attached hydrogens (tertiary/aromatic N) is 1. The van der Waals surface area contributed by atoms with Gasteiger partial charge in [0.1, 0.15) is 5.69 Å². The molecule has 1 aromatic rings. The van der Waals surface area contributed by atoms with Crippen LogP contribution in [-0.2, 0) is 0 Å². The Hall–Kier alpha value is -1.29. The summed E-state index contributed by atoms with van der Waals surface area (Å²) in [6.07, 6.45) is 2.28. The quantitative estimate of drug-likeness (QED) is 0.808. The second kappa shape index (κ2) is 5.00. The zero-order valence-corrected chi connectivity index (χ0v) is 11.8. The van der Waals surface area contributed by atoms with Crippen molar-refractivity contribution in [2.24, 2.45) is 11.8 Å². The Morgan fingerprint density at radius 1 is 1.21 bits per heavy atom. The Balaban J connectivity index is 1.72. The number of nitrogens with one attached hydrogen (secondary N) is 2. The van der Waals surface area contributed by atoms with E-state index in [0.29, 0.717) is 0 Å². The van der Waals surface area contributed by atoms with Gasteiger partial charge in [-0.05, 0) is 63.2 Å². The van der Waals surface area contributed by atoms with E-state index in [4.69, 9.17) is 0 Å². The van der Waals surface area contributed by atoms with E-state index in [1.807, 2.05) is 24.8 Å². The van der Waals surface area contributed by atoms with Crippen LogP contribution in [0.5, 0.6) is 0 Å². The predicted octanol–water partition coefficient (Wildman–Crippen LogP) is 1.70. The fraction of sp³-hybridized carbons (Fsp3) is 0.667. The molecule has 104 valence electrons. The lowest BCUT2D eigenvalue weighted by Crippen LogP contribution is -2.33. The molecule has 0 radical (unpaired) electrons. The first-order valence-corrected chi connectivity index (χ1v) is 7.31. The number of likely N-dealkylation sites (tertiary alicyclic amines) is 1. The first kappa shape index (κ1) is 12.7. The molecule has 2 fully saturated rings. The molecule has 2 aliphatic rings. The van der Waals surface area contributed by atoms with Crippen molar-refractivity contribution < 1.29 is 4.79 Å². The maximum atomic E-state index is 12.6. The molecule has 3 rings (SSSR count). The van der Waals surface area contributed by atoms with Gasteiger partial charge in [0.15, 0.2) is 0 Å². The molecule has 4 nitrogen and oxygen atoms in total. The molecular formula is C15H23N3O. The van der Waals surface area contributed by atoms with E-state index < -0.39 is 0 Å². The van der Waals surface area contributed by atoms with E-state index >= 15 is 0 Å². The summed E-state index contributed by atoms with van der Waals surface area (Å²) in [4.78, 5) is 17.8. The zero-order chi connectivity index (χ0) is 13.4. The average molecular weight is 261 g/mol. The SMILES string of the molecule is Cc1cc(C)c(C(=O)N2CC[C@@H]3CNC[C@@H]3CC2)[nH]1. The highest BCUT2D eigenvalue weighted by Gasteiger charge is 2.32. The molecule has 0 aromatic carbocycles. The fourth-order valence-corrected chi connectivity index (χ4v) is 3.53. The molecule has 0 spiro atoms. The number of aryl methyl sites for hydroxylation is 2. The lowest BCUT2D eigenvalue weighted by atomic mass is 9.92. The average Bonchev–Trinajstić information content (AvgIpc) is 2.90. The largest absolute Gasteiger partial charge is 0.354 e. The molecule has 0 unspecified atom stereocenters. The third kappa shape index (κ3) is 2.41. The van der Waals surface area contributed by atoms with Gasteiger partial charge < -0.3 is 15.2 Å². The summed E-state index contributed by atoms with van der Waals surface area (Å²) in [6, 6.07) is 2.05. The van der Waals surface area contributed by atoms with Crippen molar-refractivity contribution in [1.82, 2.24) is 15.2 Å². The summed E-state index contributed by atoms with van der Waals surface area (Å²) in [7, 11) is 0. The predicted molar refractivity (Wildman–Crippen MR) is 75.3 cm³/mol. The number of hydrogen-bond acceptors (Lipinski definition) is 2. The number of carbonyl (C=O) groups excluding carboxylic acids is 1. The molecule has 0 aliphatic carbocycles. The summed E-state index contributed by atoms with van der Waals surface area (Å²) in [5.74, 6) is 1.71. The van der Waals surface area contributed by atoms with E-state index in [1.54, 1.807) is 0 Å². The zero-order valence-electron chi connectivity index (χ0n) is 11.8. The first-order valence-electron chi connectivity index (χ1n) is 7.31. The van der Waals surface area contributed by atoms with Crippen LogP contribution in [0.2, 0.25) is 0 Å². The molecule has 3 heterocycles. The van der Waals surface area contributed by atoms with Gasteiger partial charge in [-0.2, -0.15) is 0 Å². The Kier molecular flexibility index (Phi) is 3.35. The summed E-state index contributed by atoms with van der Waals surface area (Å²) >= 11 is 0. The van der Waals surface area contributed by atoms with E-state index in [9.17, 15) is 4.79 Å². The number of fused-ring (bicyclic) bond motifs is 1. The molecule has 0 bridgehead atoms. The molecule has 1 amide bonds. The number of aromatic amines is 1. The Bertz CT molecular complexity index is 466. The van der Waals surface area contributed by atoms with Crippen LogP contribution in [0.4, 0.5) is 0 Å². The van der Waals surface area contributed by atoms with Crippen molar-refractivity contribution in [3.63, 3.8) is 0 Å². The van der Waals surface area contributed by atoms with Crippen LogP contribution >= 0.6 is 0 Å². The monoisotopic (exact) mass is 261 g/mol. The minimum absolute atomic E-state index is 0.179. The van der Waals surface area contributed by atoms with Crippen LogP contribution < -0.4 is 5.32 Å². The van der Waals surface area contributed by atoms with Crippen LogP contribution in [0.15, 0.2) is 6.07 Å². The standard InChI is InChI=1S/C15H23N3O/c1-10-7-11(2)17-14(10)15(19)18-5-3-12-8-16-9-13(12)4-6-18/h7,12-13,16-17H,3-6,8-9H2,1-2H3/t12-,13+. The second-order valence-electron chi connectivity index (χ2n) is 6.06. The van der Waals surface area contributed by atoms with Gasteiger partial charge in [-0.3, -0.25) is 4.79 Å². The van der Waals surface area contributed by atoms with Crippen LogP contribution in [-0.4, -0.2) is 42.0 Å². The lowest BCUT2D eigenvalue weighted by molar-refractivity contribution is 0.0752. The topological polar surface area (TPSA) is 48.1 Å². The Morgan fingerprint density at radius 3 is 2.37 bits per heavy atom. The van der Waals surface area contributed by atoms with Crippen molar-refractivity contribution in [1.29, 1.82) is 0 Å². The van der Waals surface area contributed by atoms with Gasteiger partial charge in [0.05, 0.1) is 0 Å². The van der Waals surface area contributed by atoms with Gasteiger partial charge in [0.25, 0.3) is 5.91 Å². The van der Waals surface area contributed by atoms with Crippen molar-refractivity contribution in [2.75, 3.05) is 26.2 Å². The van der Waals surface area contributed by atoms with Crippen molar-refractivity contribution in [3.05, 3.63) is 23.0 Å². The Morgan fingerprint density at radius 2 is 1.84 bits per heavy atom. The number of hydrogen-bond donors (Lipinski definition) is 2. The molecule has 2 saturated heterocycles. The van der Waals surface area contributed by atoms with Gasteiger partial charge in [-0.1, -0.05) is 0 Å². The maximum absolute atomic E-state index is 12.6. The molecular weight excluding hydrogens is 238 g/mol.